The van der Waals surface area contributed by atoms with Crippen molar-refractivity contribution in [2.24, 2.45) is 0 Å². The summed E-state index contributed by atoms with van der Waals surface area (Å²) in [5.41, 5.74) is 0.643. The van der Waals surface area contributed by atoms with E-state index in [1.165, 1.54) is 29.6 Å². The lowest BCUT2D eigenvalue weighted by Crippen LogP contribution is -2.05. The zero-order valence-electron chi connectivity index (χ0n) is 11.5. The van der Waals surface area contributed by atoms with E-state index in [0.29, 0.717) is 16.6 Å². The maximum atomic E-state index is 11.2. The predicted molar refractivity (Wildman–Crippen MR) is 81.4 cm³/mol. The third kappa shape index (κ3) is 4.02. The summed E-state index contributed by atoms with van der Waals surface area (Å²) < 4.78 is 5.55. The molecule has 0 aliphatic rings. The molecule has 2 rings (SSSR count). The first-order valence-corrected chi connectivity index (χ1v) is 7.90. The number of carboxylic acid groups (broad SMARTS) is 1. The van der Waals surface area contributed by atoms with Gasteiger partial charge in [0.05, 0.1) is 5.69 Å². The Kier molecular flexibility index (Phi) is 4.92. The second-order valence-electron chi connectivity index (χ2n) is 4.18. The Balaban J connectivity index is 2.05. The van der Waals surface area contributed by atoms with Crippen molar-refractivity contribution in [3.05, 3.63) is 26.9 Å². The number of thiophene rings is 1. The molecule has 0 aliphatic carbocycles. The minimum absolute atomic E-state index is 0.163. The normalized spacial score (nSPS) is 10.4. The van der Waals surface area contributed by atoms with Crippen molar-refractivity contribution < 1.29 is 19.4 Å². The van der Waals surface area contributed by atoms with E-state index in [-0.39, 0.29) is 17.4 Å². The number of carboxylic acids is 1. The van der Waals surface area contributed by atoms with E-state index in [1.54, 1.807) is 11.4 Å². The van der Waals surface area contributed by atoms with E-state index in [1.807, 2.05) is 6.92 Å². The lowest BCUT2D eigenvalue weighted by Gasteiger charge is -2.02. The summed E-state index contributed by atoms with van der Waals surface area (Å²) in [6.07, 6.45) is 0.762. The molecule has 21 heavy (non-hydrogen) atoms. The highest BCUT2D eigenvalue weighted by Crippen LogP contribution is 2.30. The Labute approximate surface area is 129 Å². The highest BCUT2D eigenvalue weighted by molar-refractivity contribution is 7.14. The molecule has 2 heterocycles. The minimum atomic E-state index is -0.994. The second-order valence-corrected chi connectivity index (χ2v) is 6.17. The van der Waals surface area contributed by atoms with Gasteiger partial charge in [0, 0.05) is 17.2 Å². The standard InChI is InChI=1S/C13H14N2O4S2/c1-3-9-4-10(11(21-9)12(17)18)19-5-8-6-20-13(15-8)14-7(2)16/h4,6H,3,5H2,1-2H3,(H,17,18)(H,14,15,16). The van der Waals surface area contributed by atoms with Crippen LogP contribution in [0, 0.1) is 0 Å². The third-order valence-electron chi connectivity index (χ3n) is 2.50. The number of aromatic nitrogens is 1. The van der Waals surface area contributed by atoms with Crippen LogP contribution in [-0.4, -0.2) is 22.0 Å². The summed E-state index contributed by atoms with van der Waals surface area (Å²) in [7, 11) is 0. The summed E-state index contributed by atoms with van der Waals surface area (Å²) >= 11 is 2.51. The summed E-state index contributed by atoms with van der Waals surface area (Å²) in [4.78, 5) is 27.4. The Bertz CT molecular complexity index is 663. The molecule has 2 aromatic rings. The molecule has 0 aliphatic heterocycles. The van der Waals surface area contributed by atoms with Crippen molar-refractivity contribution in [1.29, 1.82) is 0 Å². The van der Waals surface area contributed by atoms with Crippen molar-refractivity contribution in [1.82, 2.24) is 4.98 Å². The molecule has 0 spiro atoms. The van der Waals surface area contributed by atoms with Crippen LogP contribution in [0.4, 0.5) is 5.13 Å². The van der Waals surface area contributed by atoms with Crippen LogP contribution in [0.25, 0.3) is 0 Å². The SMILES string of the molecule is CCc1cc(OCc2csc(NC(C)=O)n2)c(C(=O)O)s1. The number of thiazole rings is 1. The van der Waals surface area contributed by atoms with E-state index >= 15 is 0 Å². The maximum Gasteiger partial charge on any atom is 0.349 e. The number of anilines is 1. The molecular formula is C13H14N2O4S2. The molecule has 0 bridgehead atoms. The first-order valence-electron chi connectivity index (χ1n) is 6.20. The number of nitrogens with zero attached hydrogens (tertiary/aromatic N) is 1. The highest BCUT2D eigenvalue weighted by Gasteiger charge is 2.16. The first-order chi connectivity index (χ1) is 9.99. The molecular weight excluding hydrogens is 312 g/mol. The van der Waals surface area contributed by atoms with Crippen molar-refractivity contribution in [2.75, 3.05) is 5.32 Å². The number of aryl methyl sites for hydroxylation is 1. The van der Waals surface area contributed by atoms with Crippen molar-refractivity contribution >= 4 is 39.7 Å². The van der Waals surface area contributed by atoms with E-state index in [0.717, 1.165) is 11.3 Å². The van der Waals surface area contributed by atoms with Crippen LogP contribution in [0.2, 0.25) is 0 Å². The van der Waals surface area contributed by atoms with Gasteiger partial charge < -0.3 is 15.2 Å². The second kappa shape index (κ2) is 6.68. The minimum Gasteiger partial charge on any atom is -0.485 e. The maximum absolute atomic E-state index is 11.2. The number of rotatable bonds is 6. The number of nitrogens with one attached hydrogen (secondary N) is 1. The van der Waals surface area contributed by atoms with Gasteiger partial charge in [0.25, 0.3) is 0 Å². The summed E-state index contributed by atoms with van der Waals surface area (Å²) in [6.45, 7) is 3.53. The highest BCUT2D eigenvalue weighted by atomic mass is 32.1. The van der Waals surface area contributed by atoms with Gasteiger partial charge in [-0.25, -0.2) is 9.78 Å². The number of ether oxygens (including phenoxy) is 1. The molecule has 6 nitrogen and oxygen atoms in total. The number of carbonyl (C=O) groups is 2. The van der Waals surface area contributed by atoms with E-state index < -0.39 is 5.97 Å². The summed E-state index contributed by atoms with van der Waals surface area (Å²) in [5.74, 6) is -0.819. The molecule has 8 heteroatoms. The van der Waals surface area contributed by atoms with Gasteiger partial charge in [0.1, 0.15) is 12.4 Å². The molecule has 112 valence electrons. The first kappa shape index (κ1) is 15.5. The van der Waals surface area contributed by atoms with E-state index in [2.05, 4.69) is 10.3 Å². The van der Waals surface area contributed by atoms with Crippen LogP contribution in [0.3, 0.4) is 0 Å². The van der Waals surface area contributed by atoms with Crippen molar-refractivity contribution in [2.45, 2.75) is 26.9 Å². The van der Waals surface area contributed by atoms with Gasteiger partial charge in [-0.1, -0.05) is 6.92 Å². The van der Waals surface area contributed by atoms with Crippen LogP contribution in [0.5, 0.6) is 5.75 Å². The molecule has 0 atom stereocenters. The van der Waals surface area contributed by atoms with Crippen molar-refractivity contribution in [3.63, 3.8) is 0 Å². The van der Waals surface area contributed by atoms with E-state index in [9.17, 15) is 9.59 Å². The van der Waals surface area contributed by atoms with Crippen LogP contribution >= 0.6 is 22.7 Å². The Morgan fingerprint density at radius 3 is 2.86 bits per heavy atom. The lowest BCUT2D eigenvalue weighted by molar-refractivity contribution is -0.114. The van der Waals surface area contributed by atoms with Crippen LogP contribution < -0.4 is 10.1 Å². The van der Waals surface area contributed by atoms with Crippen molar-refractivity contribution in [3.8, 4) is 5.75 Å². The van der Waals surface area contributed by atoms with Crippen LogP contribution in [0.1, 0.15) is 34.1 Å². The average Bonchev–Trinajstić information content (AvgIpc) is 3.01. The fourth-order valence-electron chi connectivity index (χ4n) is 1.59. The molecule has 2 N–H and O–H groups in total. The molecule has 0 fully saturated rings. The summed E-state index contributed by atoms with van der Waals surface area (Å²) in [6, 6.07) is 1.75. The predicted octanol–water partition coefficient (Wildman–Crippen LogP) is 3.00. The molecule has 1 amide bonds. The third-order valence-corrected chi connectivity index (χ3v) is 4.56. The number of carbonyl (C=O) groups excluding carboxylic acids is 1. The van der Waals surface area contributed by atoms with Gasteiger partial charge in [0.15, 0.2) is 10.0 Å². The van der Waals surface area contributed by atoms with Gasteiger partial charge in [0.2, 0.25) is 5.91 Å². The average molecular weight is 326 g/mol. The Morgan fingerprint density at radius 2 is 2.24 bits per heavy atom. The van der Waals surface area contributed by atoms with Gasteiger partial charge in [-0.15, -0.1) is 22.7 Å². The molecule has 0 radical (unpaired) electrons. The van der Waals surface area contributed by atoms with Gasteiger partial charge in [-0.05, 0) is 12.5 Å². The molecule has 0 saturated heterocycles. The van der Waals surface area contributed by atoms with Gasteiger partial charge >= 0.3 is 5.97 Å². The van der Waals surface area contributed by atoms with Crippen LogP contribution in [-0.2, 0) is 17.8 Å². The van der Waals surface area contributed by atoms with Crippen LogP contribution in [0.15, 0.2) is 11.4 Å². The zero-order chi connectivity index (χ0) is 15.4. The number of hydrogen-bond acceptors (Lipinski definition) is 6. The Hall–Kier alpha value is -1.93. The van der Waals surface area contributed by atoms with Gasteiger partial charge in [-0.3, -0.25) is 4.79 Å². The largest absolute Gasteiger partial charge is 0.485 e. The number of hydrogen-bond donors (Lipinski definition) is 2. The zero-order valence-corrected chi connectivity index (χ0v) is 13.1. The van der Waals surface area contributed by atoms with Gasteiger partial charge in [-0.2, -0.15) is 0 Å². The summed E-state index contributed by atoms with van der Waals surface area (Å²) in [5, 5.41) is 14.0. The smallest absolute Gasteiger partial charge is 0.349 e. The fourth-order valence-corrected chi connectivity index (χ4v) is 3.21. The molecule has 0 unspecified atom stereocenters. The molecule has 2 aromatic heterocycles. The quantitative estimate of drug-likeness (QED) is 0.852. The topological polar surface area (TPSA) is 88.5 Å². The lowest BCUT2D eigenvalue weighted by atomic mass is 10.3. The molecule has 0 aromatic carbocycles. The number of aromatic carboxylic acids is 1. The van der Waals surface area contributed by atoms with E-state index in [4.69, 9.17) is 9.84 Å². The molecule has 0 saturated carbocycles. The monoisotopic (exact) mass is 326 g/mol. The number of amides is 1. The Morgan fingerprint density at radius 1 is 1.48 bits per heavy atom. The fraction of sp³-hybridized carbons (Fsp3) is 0.308.